The minimum atomic E-state index is -1.36. The van der Waals surface area contributed by atoms with Crippen LogP contribution in [-0.4, -0.2) is 23.9 Å². The van der Waals surface area contributed by atoms with Gasteiger partial charge in [0, 0.05) is 16.6 Å². The largest absolute Gasteiger partial charge is 0.495 e. The van der Waals surface area contributed by atoms with Crippen molar-refractivity contribution < 1.29 is 14.3 Å². The van der Waals surface area contributed by atoms with Crippen LogP contribution in [0, 0.1) is 5.41 Å². The molecule has 0 atom stereocenters. The van der Waals surface area contributed by atoms with E-state index < -0.39 is 17.2 Å². The van der Waals surface area contributed by atoms with Crippen molar-refractivity contribution in [1.29, 1.82) is 0 Å². The summed E-state index contributed by atoms with van der Waals surface area (Å²) in [6.07, 6.45) is 1.65. The molecule has 0 spiro atoms. The van der Waals surface area contributed by atoms with Crippen LogP contribution in [0.4, 0.5) is 11.4 Å². The van der Waals surface area contributed by atoms with E-state index in [4.69, 9.17) is 16.3 Å². The van der Waals surface area contributed by atoms with Gasteiger partial charge in [-0.3, -0.25) is 14.6 Å². The van der Waals surface area contributed by atoms with Gasteiger partial charge in [0.1, 0.15) is 11.2 Å². The number of hydrogen-bond acceptors (Lipinski definition) is 4. The van der Waals surface area contributed by atoms with Gasteiger partial charge in [-0.25, -0.2) is 0 Å². The Kier molecular flexibility index (Phi) is 5.51. The molecule has 0 aliphatic heterocycles. The number of aromatic nitrogens is 1. The predicted molar refractivity (Wildman–Crippen MR) is 111 cm³/mol. The zero-order chi connectivity index (χ0) is 20.3. The maximum Gasteiger partial charge on any atom is 0.239 e. The molecular formula is C21H20ClN3O3. The van der Waals surface area contributed by atoms with E-state index in [-0.39, 0.29) is 0 Å². The van der Waals surface area contributed by atoms with E-state index in [1.165, 1.54) is 7.11 Å². The van der Waals surface area contributed by atoms with Crippen LogP contribution in [0.2, 0.25) is 5.02 Å². The monoisotopic (exact) mass is 397 g/mol. The molecule has 2 N–H and O–H groups in total. The second-order valence-electron chi connectivity index (χ2n) is 6.76. The number of benzene rings is 2. The highest BCUT2D eigenvalue weighted by molar-refractivity contribution is 6.31. The Morgan fingerprint density at radius 3 is 2.39 bits per heavy atom. The van der Waals surface area contributed by atoms with Crippen LogP contribution in [-0.2, 0) is 9.59 Å². The number of halogens is 1. The number of anilines is 2. The summed E-state index contributed by atoms with van der Waals surface area (Å²) in [5.41, 5.74) is 0.243. The van der Waals surface area contributed by atoms with Crippen LogP contribution >= 0.6 is 11.6 Å². The van der Waals surface area contributed by atoms with Crippen molar-refractivity contribution in [3.63, 3.8) is 0 Å². The summed E-state index contributed by atoms with van der Waals surface area (Å²) < 4.78 is 5.24. The number of fused-ring (bicyclic) bond motifs is 1. The number of carbonyl (C=O) groups excluding carboxylic acids is 2. The number of carbonyl (C=O) groups is 2. The number of pyridine rings is 1. The molecule has 0 fully saturated rings. The van der Waals surface area contributed by atoms with E-state index >= 15 is 0 Å². The van der Waals surface area contributed by atoms with Crippen LogP contribution in [0.5, 0.6) is 5.75 Å². The highest BCUT2D eigenvalue weighted by atomic mass is 35.5. The number of rotatable bonds is 5. The molecule has 2 amide bonds. The van der Waals surface area contributed by atoms with Crippen LogP contribution in [0.1, 0.15) is 13.8 Å². The fourth-order valence-corrected chi connectivity index (χ4v) is 2.82. The second kappa shape index (κ2) is 7.86. The van der Waals surface area contributed by atoms with Gasteiger partial charge < -0.3 is 15.4 Å². The van der Waals surface area contributed by atoms with Crippen LogP contribution < -0.4 is 15.4 Å². The van der Waals surface area contributed by atoms with Gasteiger partial charge in [0.05, 0.1) is 24.0 Å². The number of ether oxygens (including phenoxy) is 1. The Morgan fingerprint density at radius 2 is 1.68 bits per heavy atom. The molecule has 144 valence electrons. The molecule has 6 nitrogen and oxygen atoms in total. The Morgan fingerprint density at radius 1 is 1.00 bits per heavy atom. The lowest BCUT2D eigenvalue weighted by molar-refractivity contribution is -0.135. The summed E-state index contributed by atoms with van der Waals surface area (Å²) in [6.45, 7) is 3.10. The molecule has 0 bridgehead atoms. The number of para-hydroxylation sites is 1. The van der Waals surface area contributed by atoms with Gasteiger partial charge in [-0.15, -0.1) is 0 Å². The molecule has 0 aliphatic carbocycles. The molecule has 3 rings (SSSR count). The van der Waals surface area contributed by atoms with Gasteiger partial charge in [0.25, 0.3) is 0 Å². The molecule has 0 saturated carbocycles. The van der Waals surface area contributed by atoms with E-state index in [2.05, 4.69) is 15.6 Å². The van der Waals surface area contributed by atoms with E-state index in [0.717, 1.165) is 5.39 Å². The van der Waals surface area contributed by atoms with Crippen molar-refractivity contribution in [3.8, 4) is 5.75 Å². The minimum Gasteiger partial charge on any atom is -0.495 e. The molecule has 0 saturated heterocycles. The standard InChI is InChI=1S/C21H20ClN3O3/c1-21(2,20(27)25-16-12-14(22)9-10-17(16)28-3)19(26)24-15-8-4-6-13-7-5-11-23-18(13)15/h4-12H,1-3H3,(H,24,26)(H,25,27). The first kappa shape index (κ1) is 19.6. The lowest BCUT2D eigenvalue weighted by Gasteiger charge is -2.23. The molecule has 0 radical (unpaired) electrons. The third-order valence-corrected chi connectivity index (χ3v) is 4.66. The SMILES string of the molecule is COc1ccc(Cl)cc1NC(=O)C(C)(C)C(=O)Nc1cccc2cccnc12. The van der Waals surface area contributed by atoms with Gasteiger partial charge >= 0.3 is 0 Å². The second-order valence-corrected chi connectivity index (χ2v) is 7.19. The van der Waals surface area contributed by atoms with E-state index in [1.807, 2.05) is 24.3 Å². The third-order valence-electron chi connectivity index (χ3n) is 4.43. The number of amides is 2. The number of nitrogens with zero attached hydrogens (tertiary/aromatic N) is 1. The highest BCUT2D eigenvalue weighted by Crippen LogP contribution is 2.30. The van der Waals surface area contributed by atoms with Crippen LogP contribution in [0.15, 0.2) is 54.7 Å². The normalized spacial score (nSPS) is 11.1. The maximum atomic E-state index is 12.9. The fourth-order valence-electron chi connectivity index (χ4n) is 2.64. The first-order valence-corrected chi connectivity index (χ1v) is 9.01. The summed E-state index contributed by atoms with van der Waals surface area (Å²) in [7, 11) is 1.49. The lowest BCUT2D eigenvalue weighted by Crippen LogP contribution is -2.41. The van der Waals surface area contributed by atoms with Crippen molar-refractivity contribution in [3.05, 3.63) is 59.8 Å². The molecule has 7 heteroatoms. The van der Waals surface area contributed by atoms with Gasteiger partial charge in [-0.2, -0.15) is 0 Å². The van der Waals surface area contributed by atoms with Crippen LogP contribution in [0.25, 0.3) is 10.9 Å². The molecule has 2 aromatic carbocycles. The van der Waals surface area contributed by atoms with E-state index in [1.54, 1.807) is 44.3 Å². The summed E-state index contributed by atoms with van der Waals surface area (Å²) >= 11 is 6.00. The first-order valence-electron chi connectivity index (χ1n) is 8.63. The summed E-state index contributed by atoms with van der Waals surface area (Å²) in [4.78, 5) is 30.0. The Hall–Kier alpha value is -3.12. The average Bonchev–Trinajstić information content (AvgIpc) is 2.68. The molecule has 28 heavy (non-hydrogen) atoms. The fraction of sp³-hybridized carbons (Fsp3) is 0.190. The predicted octanol–water partition coefficient (Wildman–Crippen LogP) is 4.50. The smallest absolute Gasteiger partial charge is 0.239 e. The zero-order valence-electron chi connectivity index (χ0n) is 15.7. The Bertz CT molecular complexity index is 1040. The molecule has 1 heterocycles. The van der Waals surface area contributed by atoms with Gasteiger partial charge in [0.15, 0.2) is 0 Å². The van der Waals surface area contributed by atoms with E-state index in [0.29, 0.717) is 27.7 Å². The summed E-state index contributed by atoms with van der Waals surface area (Å²) in [5, 5.41) is 6.87. The highest BCUT2D eigenvalue weighted by Gasteiger charge is 2.37. The van der Waals surface area contributed by atoms with Crippen molar-refractivity contribution >= 4 is 45.7 Å². The zero-order valence-corrected chi connectivity index (χ0v) is 16.5. The van der Waals surface area contributed by atoms with Gasteiger partial charge in [-0.1, -0.05) is 29.8 Å². The van der Waals surface area contributed by atoms with Crippen molar-refractivity contribution in [1.82, 2.24) is 4.98 Å². The third kappa shape index (κ3) is 3.92. The number of methoxy groups -OCH3 is 1. The van der Waals surface area contributed by atoms with Gasteiger partial charge in [0.2, 0.25) is 11.8 Å². The topological polar surface area (TPSA) is 80.3 Å². The minimum absolute atomic E-state index is 0.396. The molecule has 1 aromatic heterocycles. The molecular weight excluding hydrogens is 378 g/mol. The molecule has 3 aromatic rings. The van der Waals surface area contributed by atoms with Crippen LogP contribution in [0.3, 0.4) is 0 Å². The quantitative estimate of drug-likeness (QED) is 0.621. The maximum absolute atomic E-state index is 12.9. The molecule has 0 aliphatic rings. The molecule has 0 unspecified atom stereocenters. The van der Waals surface area contributed by atoms with E-state index in [9.17, 15) is 9.59 Å². The lowest BCUT2D eigenvalue weighted by atomic mass is 9.90. The van der Waals surface area contributed by atoms with Crippen molar-refractivity contribution in [2.75, 3.05) is 17.7 Å². The van der Waals surface area contributed by atoms with Crippen molar-refractivity contribution in [2.45, 2.75) is 13.8 Å². The Labute approximate surface area is 167 Å². The summed E-state index contributed by atoms with van der Waals surface area (Å²) in [6, 6.07) is 14.1. The summed E-state index contributed by atoms with van der Waals surface area (Å²) in [5.74, 6) is -0.491. The Balaban J connectivity index is 1.82. The number of nitrogens with one attached hydrogen (secondary N) is 2. The average molecular weight is 398 g/mol. The van der Waals surface area contributed by atoms with Crippen molar-refractivity contribution in [2.24, 2.45) is 5.41 Å². The number of hydrogen-bond donors (Lipinski definition) is 2. The first-order chi connectivity index (χ1) is 13.3. The van der Waals surface area contributed by atoms with Gasteiger partial charge in [-0.05, 0) is 44.2 Å².